The topological polar surface area (TPSA) is 52.2 Å². The SMILES string of the molecule is Cc1cccn2c(=O)cc(CSc3ncc(-c4ccccc4)n3C)nc12. The summed E-state index contributed by atoms with van der Waals surface area (Å²) in [7, 11) is 2.00. The Kier molecular flexibility index (Phi) is 4.34. The van der Waals surface area contributed by atoms with Crippen LogP contribution in [0, 0.1) is 6.92 Å². The average molecular weight is 362 g/mol. The molecule has 130 valence electrons. The Morgan fingerprint density at radius 1 is 1.12 bits per heavy atom. The van der Waals surface area contributed by atoms with Crippen LogP contribution in [0.5, 0.6) is 0 Å². The van der Waals surface area contributed by atoms with Crippen molar-refractivity contribution in [3.8, 4) is 11.3 Å². The summed E-state index contributed by atoms with van der Waals surface area (Å²) in [5, 5.41) is 0.899. The van der Waals surface area contributed by atoms with Gasteiger partial charge in [-0.15, -0.1) is 0 Å². The van der Waals surface area contributed by atoms with Crippen LogP contribution in [0.15, 0.2) is 70.9 Å². The molecule has 0 aliphatic carbocycles. The van der Waals surface area contributed by atoms with E-state index in [1.54, 1.807) is 28.4 Å². The number of thioether (sulfide) groups is 1. The molecule has 0 amide bonds. The van der Waals surface area contributed by atoms with E-state index < -0.39 is 0 Å². The number of hydrogen-bond acceptors (Lipinski definition) is 4. The summed E-state index contributed by atoms with van der Waals surface area (Å²) in [6, 6.07) is 15.6. The zero-order chi connectivity index (χ0) is 18.1. The molecule has 0 spiro atoms. The highest BCUT2D eigenvalue weighted by molar-refractivity contribution is 7.98. The third-order valence-electron chi connectivity index (χ3n) is 4.30. The van der Waals surface area contributed by atoms with Gasteiger partial charge in [0, 0.05) is 25.1 Å². The summed E-state index contributed by atoms with van der Waals surface area (Å²) in [4.78, 5) is 21.5. The van der Waals surface area contributed by atoms with Crippen LogP contribution >= 0.6 is 11.8 Å². The van der Waals surface area contributed by atoms with E-state index in [1.165, 1.54) is 0 Å². The predicted molar refractivity (Wildman–Crippen MR) is 104 cm³/mol. The number of aromatic nitrogens is 4. The number of aryl methyl sites for hydroxylation is 1. The van der Waals surface area contributed by atoms with Crippen molar-refractivity contribution in [1.29, 1.82) is 0 Å². The molecule has 3 aromatic heterocycles. The van der Waals surface area contributed by atoms with E-state index in [0.29, 0.717) is 11.4 Å². The second-order valence-corrected chi connectivity index (χ2v) is 7.05. The highest BCUT2D eigenvalue weighted by Gasteiger charge is 2.10. The van der Waals surface area contributed by atoms with E-state index in [2.05, 4.69) is 26.7 Å². The third kappa shape index (κ3) is 3.04. The fourth-order valence-corrected chi connectivity index (χ4v) is 3.77. The molecule has 0 aliphatic heterocycles. The summed E-state index contributed by atoms with van der Waals surface area (Å²) in [5.41, 5.74) is 4.60. The summed E-state index contributed by atoms with van der Waals surface area (Å²) < 4.78 is 3.65. The molecule has 0 unspecified atom stereocenters. The van der Waals surface area contributed by atoms with Crippen LogP contribution in [0.3, 0.4) is 0 Å². The van der Waals surface area contributed by atoms with Crippen molar-refractivity contribution in [2.75, 3.05) is 0 Å². The van der Waals surface area contributed by atoms with E-state index in [9.17, 15) is 4.79 Å². The minimum Gasteiger partial charge on any atom is -0.322 e. The first-order valence-electron chi connectivity index (χ1n) is 8.31. The Bertz CT molecular complexity index is 1130. The number of nitrogens with zero attached hydrogens (tertiary/aromatic N) is 4. The van der Waals surface area contributed by atoms with Crippen LogP contribution in [0.1, 0.15) is 11.3 Å². The minimum absolute atomic E-state index is 0.0564. The van der Waals surface area contributed by atoms with Crippen molar-refractivity contribution in [1.82, 2.24) is 18.9 Å². The predicted octanol–water partition coefficient (Wildman–Crippen LogP) is 3.70. The van der Waals surface area contributed by atoms with Gasteiger partial charge in [-0.3, -0.25) is 9.20 Å². The first-order chi connectivity index (χ1) is 12.6. The van der Waals surface area contributed by atoms with Crippen molar-refractivity contribution >= 4 is 17.4 Å². The van der Waals surface area contributed by atoms with Gasteiger partial charge in [0.2, 0.25) is 0 Å². The molecule has 0 aliphatic rings. The summed E-state index contributed by atoms with van der Waals surface area (Å²) in [5.74, 6) is 0.596. The lowest BCUT2D eigenvalue weighted by molar-refractivity contribution is 0.796. The normalized spacial score (nSPS) is 11.2. The molecular weight excluding hydrogens is 344 g/mol. The van der Waals surface area contributed by atoms with E-state index >= 15 is 0 Å². The van der Waals surface area contributed by atoms with Crippen LogP contribution in [0.25, 0.3) is 16.9 Å². The van der Waals surface area contributed by atoms with Crippen LogP contribution in [0.4, 0.5) is 0 Å². The maximum atomic E-state index is 12.3. The number of imidazole rings is 1. The Morgan fingerprint density at radius 2 is 1.92 bits per heavy atom. The Labute approximate surface area is 155 Å². The number of pyridine rings is 1. The van der Waals surface area contributed by atoms with Gasteiger partial charge in [0.1, 0.15) is 5.65 Å². The molecule has 0 atom stereocenters. The van der Waals surface area contributed by atoms with Gasteiger partial charge in [-0.05, 0) is 24.1 Å². The van der Waals surface area contributed by atoms with Crippen LogP contribution in [-0.4, -0.2) is 18.9 Å². The Balaban J connectivity index is 1.60. The monoisotopic (exact) mass is 362 g/mol. The van der Waals surface area contributed by atoms with E-state index in [0.717, 1.165) is 27.7 Å². The lowest BCUT2D eigenvalue weighted by Gasteiger charge is -2.07. The first kappa shape index (κ1) is 16.6. The third-order valence-corrected chi connectivity index (χ3v) is 5.38. The maximum Gasteiger partial charge on any atom is 0.258 e. The van der Waals surface area contributed by atoms with E-state index in [-0.39, 0.29) is 5.56 Å². The van der Waals surface area contributed by atoms with Crippen molar-refractivity contribution in [2.45, 2.75) is 17.8 Å². The van der Waals surface area contributed by atoms with Crippen molar-refractivity contribution in [3.05, 3.63) is 82.5 Å². The standard InChI is InChI=1S/C20H18N4OS/c1-14-7-6-10-24-18(25)11-16(22-19(14)24)13-26-20-21-12-17(23(20)2)15-8-4-3-5-9-15/h3-12H,13H2,1-2H3. The molecular formula is C20H18N4OS. The average Bonchev–Trinajstić information content (AvgIpc) is 3.02. The number of hydrogen-bond donors (Lipinski definition) is 0. The molecule has 4 rings (SSSR count). The van der Waals surface area contributed by atoms with Gasteiger partial charge in [-0.25, -0.2) is 9.97 Å². The zero-order valence-corrected chi connectivity index (χ0v) is 15.4. The molecule has 0 fully saturated rings. The van der Waals surface area contributed by atoms with Gasteiger partial charge in [0.25, 0.3) is 5.56 Å². The smallest absolute Gasteiger partial charge is 0.258 e. The van der Waals surface area contributed by atoms with Gasteiger partial charge in [-0.2, -0.15) is 0 Å². The maximum absolute atomic E-state index is 12.3. The van der Waals surface area contributed by atoms with Crippen molar-refractivity contribution in [3.63, 3.8) is 0 Å². The molecule has 1 aromatic carbocycles. The van der Waals surface area contributed by atoms with E-state index in [4.69, 9.17) is 0 Å². The van der Waals surface area contributed by atoms with Gasteiger partial charge in [-0.1, -0.05) is 48.2 Å². The molecule has 5 nitrogen and oxygen atoms in total. The number of benzene rings is 1. The quantitative estimate of drug-likeness (QED) is 0.520. The summed E-state index contributed by atoms with van der Waals surface area (Å²) in [6.07, 6.45) is 3.63. The molecule has 0 N–H and O–H groups in total. The molecule has 26 heavy (non-hydrogen) atoms. The molecule has 0 saturated carbocycles. The van der Waals surface area contributed by atoms with Crippen LogP contribution < -0.4 is 5.56 Å². The Hall–Kier alpha value is -2.86. The Morgan fingerprint density at radius 3 is 2.73 bits per heavy atom. The largest absolute Gasteiger partial charge is 0.322 e. The van der Waals surface area contributed by atoms with Gasteiger partial charge >= 0.3 is 0 Å². The minimum atomic E-state index is -0.0564. The van der Waals surface area contributed by atoms with Gasteiger partial charge < -0.3 is 4.57 Å². The highest BCUT2D eigenvalue weighted by atomic mass is 32.2. The van der Waals surface area contributed by atoms with Crippen LogP contribution in [-0.2, 0) is 12.8 Å². The number of rotatable bonds is 4. The van der Waals surface area contributed by atoms with Gasteiger partial charge in [0.15, 0.2) is 5.16 Å². The first-order valence-corrected chi connectivity index (χ1v) is 9.30. The lowest BCUT2D eigenvalue weighted by atomic mass is 10.2. The summed E-state index contributed by atoms with van der Waals surface area (Å²) in [6.45, 7) is 1.96. The second kappa shape index (κ2) is 6.80. The molecule has 4 aromatic rings. The fourth-order valence-electron chi connectivity index (χ4n) is 2.93. The second-order valence-electron chi connectivity index (χ2n) is 6.11. The lowest BCUT2D eigenvalue weighted by Crippen LogP contribution is -2.15. The summed E-state index contributed by atoms with van der Waals surface area (Å²) >= 11 is 1.58. The molecule has 6 heteroatoms. The highest BCUT2D eigenvalue weighted by Crippen LogP contribution is 2.26. The van der Waals surface area contributed by atoms with Crippen molar-refractivity contribution in [2.24, 2.45) is 7.05 Å². The van der Waals surface area contributed by atoms with E-state index in [1.807, 2.05) is 50.5 Å². The fraction of sp³-hybridized carbons (Fsp3) is 0.150. The number of fused-ring (bicyclic) bond motifs is 1. The molecule has 0 bridgehead atoms. The zero-order valence-electron chi connectivity index (χ0n) is 14.6. The molecule has 3 heterocycles. The molecule has 0 saturated heterocycles. The van der Waals surface area contributed by atoms with Crippen molar-refractivity contribution < 1.29 is 0 Å². The molecule has 0 radical (unpaired) electrons. The van der Waals surface area contributed by atoms with Gasteiger partial charge in [0.05, 0.1) is 17.6 Å². The van der Waals surface area contributed by atoms with Crippen LogP contribution in [0.2, 0.25) is 0 Å².